The minimum atomic E-state index is -0.471. The van der Waals surface area contributed by atoms with Crippen molar-refractivity contribution < 1.29 is 9.59 Å². The Hall–Kier alpha value is -0.700. The van der Waals surface area contributed by atoms with E-state index in [0.29, 0.717) is 21.4 Å². The van der Waals surface area contributed by atoms with Gasteiger partial charge in [0, 0.05) is 9.35 Å². The van der Waals surface area contributed by atoms with Crippen molar-refractivity contribution in [2.24, 2.45) is 11.7 Å². The lowest BCUT2D eigenvalue weighted by molar-refractivity contribution is 0.1000. The fraction of sp³-hybridized carbons (Fsp3) is 0.333. The smallest absolute Gasteiger partial charge is 0.266 e. The average molecular weight is 478 g/mol. The highest BCUT2D eigenvalue weighted by Crippen LogP contribution is 2.40. The second-order valence-corrected chi connectivity index (χ2v) is 9.94. The van der Waals surface area contributed by atoms with Crippen LogP contribution in [0.1, 0.15) is 43.8 Å². The van der Waals surface area contributed by atoms with Gasteiger partial charge in [-0.3, -0.25) is 9.59 Å². The number of hydrogen-bond donors (Lipinski definition) is 2. The van der Waals surface area contributed by atoms with Crippen molar-refractivity contribution in [3.05, 3.63) is 35.2 Å². The highest BCUT2D eigenvalue weighted by atomic mass is 79.9. The molecule has 3 rings (SSSR count). The van der Waals surface area contributed by atoms with Gasteiger partial charge in [0.2, 0.25) is 0 Å². The molecule has 0 radical (unpaired) electrons. The molecule has 0 unspecified atom stereocenters. The normalized spacial score (nSPS) is 16.9. The second kappa shape index (κ2) is 6.66. The van der Waals surface area contributed by atoms with Crippen LogP contribution in [0.25, 0.3) is 0 Å². The third-order valence-electron chi connectivity index (χ3n) is 3.85. The Kier molecular flexibility index (Phi) is 4.96. The number of nitrogens with one attached hydrogen (secondary N) is 1. The summed E-state index contributed by atoms with van der Waals surface area (Å²) in [6.07, 6.45) is 2.83. The van der Waals surface area contributed by atoms with E-state index in [-0.39, 0.29) is 5.91 Å². The monoisotopic (exact) mass is 476 g/mol. The Morgan fingerprint density at radius 2 is 2.09 bits per heavy atom. The molecule has 2 amide bonds. The maximum Gasteiger partial charge on any atom is 0.266 e. The molecule has 2 aromatic rings. The van der Waals surface area contributed by atoms with E-state index < -0.39 is 5.91 Å². The lowest BCUT2D eigenvalue weighted by atomic mass is 9.88. The molecule has 2 aromatic heterocycles. The predicted octanol–water partition coefficient (Wildman–Crippen LogP) is 4.81. The number of rotatable bonds is 3. The van der Waals surface area contributed by atoms with Crippen molar-refractivity contribution in [2.45, 2.75) is 26.2 Å². The zero-order chi connectivity index (χ0) is 16.7. The molecule has 0 saturated heterocycles. The zero-order valence-electron chi connectivity index (χ0n) is 12.2. The van der Waals surface area contributed by atoms with Gasteiger partial charge in [0.25, 0.3) is 11.8 Å². The number of carbonyl (C=O) groups excluding carboxylic acids is 2. The van der Waals surface area contributed by atoms with E-state index in [9.17, 15) is 9.59 Å². The lowest BCUT2D eigenvalue weighted by Gasteiger charge is -2.18. The highest BCUT2D eigenvalue weighted by molar-refractivity contribution is 9.13. The van der Waals surface area contributed by atoms with E-state index in [1.807, 2.05) is 0 Å². The molecule has 23 heavy (non-hydrogen) atoms. The van der Waals surface area contributed by atoms with Crippen molar-refractivity contribution in [1.82, 2.24) is 0 Å². The molecule has 4 nitrogen and oxygen atoms in total. The van der Waals surface area contributed by atoms with Gasteiger partial charge in [0.15, 0.2) is 0 Å². The summed E-state index contributed by atoms with van der Waals surface area (Å²) >= 11 is 9.57. The van der Waals surface area contributed by atoms with E-state index in [1.165, 1.54) is 27.6 Å². The first-order valence-electron chi connectivity index (χ1n) is 7.07. The van der Waals surface area contributed by atoms with Gasteiger partial charge >= 0.3 is 0 Å². The van der Waals surface area contributed by atoms with Gasteiger partial charge < -0.3 is 11.1 Å². The summed E-state index contributed by atoms with van der Waals surface area (Å²) in [6.45, 7) is 2.20. The van der Waals surface area contributed by atoms with Gasteiger partial charge in [-0.05, 0) is 68.7 Å². The summed E-state index contributed by atoms with van der Waals surface area (Å²) in [5.74, 6) is -0.105. The van der Waals surface area contributed by atoms with Gasteiger partial charge in [0.05, 0.1) is 14.2 Å². The van der Waals surface area contributed by atoms with Crippen LogP contribution in [0.3, 0.4) is 0 Å². The fourth-order valence-electron chi connectivity index (χ4n) is 2.72. The summed E-state index contributed by atoms with van der Waals surface area (Å²) in [4.78, 5) is 26.1. The van der Waals surface area contributed by atoms with Crippen LogP contribution in [-0.2, 0) is 12.8 Å². The maximum absolute atomic E-state index is 12.4. The quantitative estimate of drug-likeness (QED) is 0.665. The minimum Gasteiger partial charge on any atom is -0.365 e. The number of thiophene rings is 2. The van der Waals surface area contributed by atoms with Crippen molar-refractivity contribution in [1.29, 1.82) is 0 Å². The van der Waals surface area contributed by atoms with Crippen molar-refractivity contribution in [3.8, 4) is 0 Å². The number of nitrogens with two attached hydrogens (primary N) is 1. The summed E-state index contributed by atoms with van der Waals surface area (Å²) < 4.78 is 1.69. The molecular formula is C15H14Br2N2O2S2. The molecule has 0 fully saturated rings. The van der Waals surface area contributed by atoms with E-state index in [1.54, 1.807) is 6.07 Å². The first-order chi connectivity index (χ1) is 10.9. The van der Waals surface area contributed by atoms with Crippen LogP contribution in [0.2, 0.25) is 0 Å². The molecule has 122 valence electrons. The molecular weight excluding hydrogens is 464 g/mol. The second-order valence-electron chi connectivity index (χ2n) is 5.61. The van der Waals surface area contributed by atoms with Crippen LogP contribution in [0.15, 0.2) is 14.3 Å². The summed E-state index contributed by atoms with van der Waals surface area (Å²) in [5.41, 5.74) is 7.07. The number of hydrogen-bond acceptors (Lipinski definition) is 4. The predicted molar refractivity (Wildman–Crippen MR) is 102 cm³/mol. The molecule has 1 aliphatic carbocycles. The molecule has 0 saturated carbocycles. The Bertz CT molecular complexity index is 778. The van der Waals surface area contributed by atoms with Gasteiger partial charge in [-0.25, -0.2) is 0 Å². The Labute approximate surface area is 158 Å². The Balaban J connectivity index is 1.93. The van der Waals surface area contributed by atoms with Crippen LogP contribution < -0.4 is 11.1 Å². The van der Waals surface area contributed by atoms with Crippen LogP contribution in [0.4, 0.5) is 5.00 Å². The van der Waals surface area contributed by atoms with E-state index in [2.05, 4.69) is 44.1 Å². The van der Waals surface area contributed by atoms with Crippen LogP contribution >= 0.6 is 54.5 Å². The van der Waals surface area contributed by atoms with Gasteiger partial charge in [-0.15, -0.1) is 22.7 Å². The van der Waals surface area contributed by atoms with Crippen LogP contribution in [0, 0.1) is 5.92 Å². The van der Waals surface area contributed by atoms with Crippen molar-refractivity contribution >= 4 is 71.3 Å². The first kappa shape index (κ1) is 17.1. The summed E-state index contributed by atoms with van der Waals surface area (Å²) in [5, 5.41) is 3.44. The number of anilines is 1. The molecule has 8 heteroatoms. The van der Waals surface area contributed by atoms with Crippen LogP contribution in [-0.4, -0.2) is 11.8 Å². The SMILES string of the molecule is C[C@H]1CCc2c(sc(NC(=O)c3cc(Br)c(Br)s3)c2C(N)=O)C1. The minimum absolute atomic E-state index is 0.226. The molecule has 0 bridgehead atoms. The average Bonchev–Trinajstić information content (AvgIpc) is 2.99. The molecule has 2 heterocycles. The first-order valence-corrected chi connectivity index (χ1v) is 10.3. The van der Waals surface area contributed by atoms with E-state index in [4.69, 9.17) is 5.73 Å². The molecule has 0 aromatic carbocycles. The lowest BCUT2D eigenvalue weighted by Crippen LogP contribution is -2.19. The molecule has 1 aliphatic rings. The molecule has 3 N–H and O–H groups in total. The van der Waals surface area contributed by atoms with Gasteiger partial charge in [0.1, 0.15) is 5.00 Å². The van der Waals surface area contributed by atoms with Crippen molar-refractivity contribution in [3.63, 3.8) is 0 Å². The third kappa shape index (κ3) is 3.40. The largest absolute Gasteiger partial charge is 0.365 e. The van der Waals surface area contributed by atoms with Crippen LogP contribution in [0.5, 0.6) is 0 Å². The number of amides is 2. The third-order valence-corrected chi connectivity index (χ3v) is 8.28. The molecule has 0 spiro atoms. The fourth-order valence-corrected chi connectivity index (χ4v) is 6.06. The topological polar surface area (TPSA) is 72.2 Å². The number of primary amides is 1. The highest BCUT2D eigenvalue weighted by Gasteiger charge is 2.27. The molecule has 1 atom stereocenters. The van der Waals surface area contributed by atoms with Crippen molar-refractivity contribution in [2.75, 3.05) is 5.32 Å². The molecule has 0 aliphatic heterocycles. The standard InChI is InChI=1S/C15H14Br2N2O2S2/c1-6-2-3-7-9(4-6)23-15(11(7)13(18)20)19-14(21)10-5-8(16)12(17)22-10/h5-6H,2-4H2,1H3,(H2,18,20)(H,19,21)/t6-/m0/s1. The van der Waals surface area contributed by atoms with Gasteiger partial charge in [-0.2, -0.15) is 0 Å². The van der Waals surface area contributed by atoms with E-state index >= 15 is 0 Å². The summed E-state index contributed by atoms with van der Waals surface area (Å²) in [7, 11) is 0. The summed E-state index contributed by atoms with van der Waals surface area (Å²) in [6, 6.07) is 1.75. The number of halogens is 2. The zero-order valence-corrected chi connectivity index (χ0v) is 17.0. The number of carbonyl (C=O) groups is 2. The maximum atomic E-state index is 12.4. The Morgan fingerprint density at radius 1 is 1.35 bits per heavy atom. The van der Waals surface area contributed by atoms with Gasteiger partial charge in [-0.1, -0.05) is 6.92 Å². The number of fused-ring (bicyclic) bond motifs is 1. The van der Waals surface area contributed by atoms with E-state index in [0.717, 1.165) is 33.1 Å². The Morgan fingerprint density at radius 3 is 2.70 bits per heavy atom.